The van der Waals surface area contributed by atoms with Crippen LogP contribution in [0.15, 0.2) is 28.7 Å². The molecule has 1 aromatic rings. The molecule has 2 fully saturated rings. The smallest absolute Gasteiger partial charge is 0.444 e. The summed E-state index contributed by atoms with van der Waals surface area (Å²) in [5, 5.41) is 0. The average Bonchev–Trinajstić information content (AvgIpc) is 2.38. The van der Waals surface area contributed by atoms with E-state index in [1.54, 1.807) is 11.0 Å². The zero-order chi connectivity index (χ0) is 20.0. The summed E-state index contributed by atoms with van der Waals surface area (Å²) in [6.07, 6.45) is 2.88. The zero-order valence-corrected chi connectivity index (χ0v) is 16.1. The molecule has 0 radical (unpaired) electrons. The molecule has 8 heteroatoms. The van der Waals surface area contributed by atoms with Gasteiger partial charge in [0.05, 0.1) is 0 Å². The number of hydrogen-bond acceptors (Lipinski definition) is 3. The monoisotopic (exact) mass is 403 g/mol. The van der Waals surface area contributed by atoms with E-state index in [1.165, 1.54) is 12.1 Å². The Morgan fingerprint density at radius 3 is 2.37 bits per heavy atom. The molecule has 3 nitrogen and oxygen atoms in total. The Morgan fingerprint density at radius 2 is 1.85 bits per heavy atom. The minimum absolute atomic E-state index is 0.0330. The first kappa shape index (κ1) is 20.0. The third-order valence-electron chi connectivity index (χ3n) is 4.47. The number of hydrogen-bond donors (Lipinski definition) is 0. The van der Waals surface area contributed by atoms with Crippen LogP contribution in [-0.4, -0.2) is 35.2 Å². The van der Waals surface area contributed by atoms with E-state index in [4.69, 9.17) is 4.74 Å². The summed E-state index contributed by atoms with van der Waals surface area (Å²) in [7, 11) is 0. The molecular formula is C19H21F4NO2S. The summed E-state index contributed by atoms with van der Waals surface area (Å²) in [5.41, 5.74) is -3.61. The lowest BCUT2D eigenvalue weighted by Gasteiger charge is -2.56. The van der Waals surface area contributed by atoms with Crippen molar-refractivity contribution in [3.8, 4) is 0 Å². The Balaban J connectivity index is 1.55. The molecule has 1 saturated heterocycles. The van der Waals surface area contributed by atoms with E-state index in [9.17, 15) is 22.4 Å². The molecule has 0 bridgehead atoms. The van der Waals surface area contributed by atoms with Crippen LogP contribution in [0.3, 0.4) is 0 Å². The SMILES string of the molecule is CC(C)(C)OC(=O)N1CC2(CC(=Cc3ccc(SC(F)(F)F)cc3F)C2)C1. The van der Waals surface area contributed by atoms with Gasteiger partial charge in [-0.1, -0.05) is 17.7 Å². The summed E-state index contributed by atoms with van der Waals surface area (Å²) >= 11 is -0.329. The van der Waals surface area contributed by atoms with E-state index in [-0.39, 0.29) is 33.7 Å². The van der Waals surface area contributed by atoms with Crippen molar-refractivity contribution in [2.75, 3.05) is 13.1 Å². The van der Waals surface area contributed by atoms with Gasteiger partial charge in [0.2, 0.25) is 0 Å². The zero-order valence-electron chi connectivity index (χ0n) is 15.3. The van der Waals surface area contributed by atoms with Gasteiger partial charge in [-0.05, 0) is 57.5 Å². The molecule has 0 atom stereocenters. The summed E-state index contributed by atoms with van der Waals surface area (Å²) in [5.74, 6) is -0.665. The van der Waals surface area contributed by atoms with Gasteiger partial charge >= 0.3 is 11.6 Å². The predicted octanol–water partition coefficient (Wildman–Crippen LogP) is 5.85. The van der Waals surface area contributed by atoms with Crippen LogP contribution in [0.1, 0.15) is 39.2 Å². The van der Waals surface area contributed by atoms with Crippen LogP contribution < -0.4 is 0 Å². The highest BCUT2D eigenvalue weighted by atomic mass is 32.2. The van der Waals surface area contributed by atoms with E-state index >= 15 is 0 Å². The van der Waals surface area contributed by atoms with Crippen molar-refractivity contribution in [2.24, 2.45) is 5.41 Å². The second kappa shape index (κ2) is 6.72. The fraction of sp³-hybridized carbons (Fsp3) is 0.526. The maximum atomic E-state index is 14.1. The highest BCUT2D eigenvalue weighted by Gasteiger charge is 2.52. The lowest BCUT2D eigenvalue weighted by Crippen LogP contribution is -2.62. The van der Waals surface area contributed by atoms with Gasteiger partial charge in [-0.15, -0.1) is 0 Å². The number of carbonyl (C=O) groups is 1. The van der Waals surface area contributed by atoms with Gasteiger partial charge in [0.25, 0.3) is 0 Å². The molecule has 1 spiro atoms. The first-order valence-electron chi connectivity index (χ1n) is 8.57. The van der Waals surface area contributed by atoms with Gasteiger partial charge < -0.3 is 9.64 Å². The molecular weight excluding hydrogens is 382 g/mol. The van der Waals surface area contributed by atoms with Gasteiger partial charge in [0.15, 0.2) is 0 Å². The standard InChI is InChI=1S/C19H21F4NO2S/c1-17(2,3)26-16(25)24-10-18(11-24)8-12(9-18)6-13-4-5-14(7-15(13)20)27-19(21,22)23/h4-7H,8-11H2,1-3H3. The number of halogens is 4. The Morgan fingerprint density at radius 1 is 1.22 bits per heavy atom. The second-order valence-electron chi connectivity index (χ2n) is 8.22. The summed E-state index contributed by atoms with van der Waals surface area (Å²) < 4.78 is 56.4. The minimum Gasteiger partial charge on any atom is -0.444 e. The number of likely N-dealkylation sites (tertiary alicyclic amines) is 1. The Bertz CT molecular complexity index is 767. The molecule has 1 aliphatic heterocycles. The van der Waals surface area contributed by atoms with Crippen LogP contribution >= 0.6 is 11.8 Å². The number of nitrogens with zero attached hydrogens (tertiary/aromatic N) is 1. The fourth-order valence-corrected chi connectivity index (χ4v) is 4.06. The van der Waals surface area contributed by atoms with Gasteiger partial charge in [0, 0.05) is 29.0 Å². The quantitative estimate of drug-likeness (QED) is 0.458. The molecule has 1 amide bonds. The lowest BCUT2D eigenvalue weighted by molar-refractivity contribution is -0.0499. The van der Waals surface area contributed by atoms with Crippen LogP contribution in [0, 0.1) is 11.2 Å². The van der Waals surface area contributed by atoms with Gasteiger partial charge in [-0.25, -0.2) is 9.18 Å². The Labute approximate surface area is 159 Å². The van der Waals surface area contributed by atoms with Crippen LogP contribution in [0.25, 0.3) is 6.08 Å². The van der Waals surface area contributed by atoms with Crippen molar-refractivity contribution in [3.05, 3.63) is 35.2 Å². The fourth-order valence-electron chi connectivity index (χ4n) is 3.50. The molecule has 1 aliphatic carbocycles. The number of rotatable bonds is 2. The van der Waals surface area contributed by atoms with E-state index in [0.29, 0.717) is 13.1 Å². The summed E-state index contributed by atoms with van der Waals surface area (Å²) in [4.78, 5) is 13.5. The Kier molecular flexibility index (Phi) is 4.99. The predicted molar refractivity (Wildman–Crippen MR) is 95.8 cm³/mol. The molecule has 0 N–H and O–H groups in total. The minimum atomic E-state index is -4.43. The topological polar surface area (TPSA) is 29.5 Å². The molecule has 27 heavy (non-hydrogen) atoms. The maximum absolute atomic E-state index is 14.1. The number of ether oxygens (including phenoxy) is 1. The average molecular weight is 403 g/mol. The van der Waals surface area contributed by atoms with Crippen LogP contribution in [0.2, 0.25) is 0 Å². The molecule has 148 valence electrons. The van der Waals surface area contributed by atoms with Crippen LogP contribution in [0.5, 0.6) is 0 Å². The van der Waals surface area contributed by atoms with Gasteiger partial charge in [-0.3, -0.25) is 0 Å². The van der Waals surface area contributed by atoms with Crippen molar-refractivity contribution < 1.29 is 27.1 Å². The normalized spacial score (nSPS) is 18.8. The lowest BCUT2D eigenvalue weighted by atomic mass is 9.60. The number of allylic oxidation sites excluding steroid dienone is 1. The molecule has 1 heterocycles. The van der Waals surface area contributed by atoms with E-state index in [0.717, 1.165) is 24.5 Å². The number of alkyl halides is 3. The second-order valence-corrected chi connectivity index (χ2v) is 9.36. The van der Waals surface area contributed by atoms with Crippen molar-refractivity contribution in [1.29, 1.82) is 0 Å². The molecule has 1 saturated carbocycles. The summed E-state index contributed by atoms with van der Waals surface area (Å²) in [6, 6.07) is 3.55. The van der Waals surface area contributed by atoms with Gasteiger partial charge in [0.1, 0.15) is 11.4 Å². The number of amides is 1. The van der Waals surface area contributed by atoms with E-state index < -0.39 is 16.9 Å². The first-order valence-corrected chi connectivity index (χ1v) is 9.39. The number of carbonyl (C=O) groups excluding carboxylic acids is 1. The van der Waals surface area contributed by atoms with Crippen LogP contribution in [0.4, 0.5) is 22.4 Å². The van der Waals surface area contributed by atoms with Crippen LogP contribution in [-0.2, 0) is 4.74 Å². The van der Waals surface area contributed by atoms with Crippen molar-refractivity contribution in [2.45, 2.75) is 49.6 Å². The Hall–Kier alpha value is -1.70. The van der Waals surface area contributed by atoms with Crippen molar-refractivity contribution in [3.63, 3.8) is 0 Å². The molecule has 2 aliphatic rings. The largest absolute Gasteiger partial charge is 0.446 e. The molecule has 3 rings (SSSR count). The number of benzene rings is 1. The van der Waals surface area contributed by atoms with Crippen molar-refractivity contribution in [1.82, 2.24) is 4.90 Å². The maximum Gasteiger partial charge on any atom is 0.446 e. The third-order valence-corrected chi connectivity index (χ3v) is 5.19. The first-order chi connectivity index (χ1) is 12.3. The van der Waals surface area contributed by atoms with E-state index in [1.807, 2.05) is 20.8 Å². The van der Waals surface area contributed by atoms with Crippen molar-refractivity contribution >= 4 is 23.9 Å². The number of thioether (sulfide) groups is 1. The summed E-state index contributed by atoms with van der Waals surface area (Å²) in [6.45, 7) is 6.68. The molecule has 0 aromatic heterocycles. The highest BCUT2D eigenvalue weighted by molar-refractivity contribution is 8.00. The van der Waals surface area contributed by atoms with E-state index in [2.05, 4.69) is 0 Å². The van der Waals surface area contributed by atoms with Gasteiger partial charge in [-0.2, -0.15) is 13.2 Å². The molecule has 0 unspecified atom stereocenters. The highest BCUT2D eigenvalue weighted by Crippen LogP contribution is 2.52. The molecule has 1 aromatic carbocycles. The third kappa shape index (κ3) is 4.97.